The Morgan fingerprint density at radius 3 is 2.57 bits per heavy atom. The maximum atomic E-state index is 12.9. The van der Waals surface area contributed by atoms with Crippen LogP contribution in [0.2, 0.25) is 5.02 Å². The lowest BCUT2D eigenvalue weighted by atomic mass is 10.1. The third-order valence-electron chi connectivity index (χ3n) is 4.76. The number of hydrogen-bond acceptors (Lipinski definition) is 3. The standard InChI is InChI=1S/C22H18ClN3O2/c23-18-11-5-4-7-15(18)14-25-20(27)13-19-21-17(10-6-12-24-21)22(28)26(19)16-8-2-1-3-9-16/h1-12,19H,13-14H2,(H,25,27)/t19-/m1/s1. The smallest absolute Gasteiger partial charge is 0.260 e. The number of carbonyl (C=O) groups excluding carboxylic acids is 2. The first kappa shape index (κ1) is 18.2. The van der Waals surface area contributed by atoms with Crippen molar-refractivity contribution in [2.75, 3.05) is 4.90 Å². The van der Waals surface area contributed by atoms with Crippen molar-refractivity contribution in [2.24, 2.45) is 0 Å². The van der Waals surface area contributed by atoms with Gasteiger partial charge in [-0.25, -0.2) is 0 Å². The molecule has 6 heteroatoms. The molecule has 0 bridgehead atoms. The van der Waals surface area contributed by atoms with Gasteiger partial charge in [-0.2, -0.15) is 0 Å². The Morgan fingerprint density at radius 1 is 1.04 bits per heavy atom. The zero-order valence-electron chi connectivity index (χ0n) is 15.0. The minimum atomic E-state index is -0.447. The maximum absolute atomic E-state index is 12.9. The van der Waals surface area contributed by atoms with Gasteiger partial charge in [-0.1, -0.05) is 48.0 Å². The first-order chi connectivity index (χ1) is 13.6. The number of anilines is 1. The molecule has 2 aromatic carbocycles. The van der Waals surface area contributed by atoms with Crippen molar-refractivity contribution in [3.05, 3.63) is 94.8 Å². The number of nitrogens with zero attached hydrogens (tertiary/aromatic N) is 2. The van der Waals surface area contributed by atoms with E-state index >= 15 is 0 Å². The molecular formula is C22H18ClN3O2. The van der Waals surface area contributed by atoms with Crippen LogP contribution in [0.1, 0.15) is 34.1 Å². The lowest BCUT2D eigenvalue weighted by Gasteiger charge is -2.24. The van der Waals surface area contributed by atoms with E-state index in [0.29, 0.717) is 22.8 Å². The Morgan fingerprint density at radius 2 is 1.79 bits per heavy atom. The average molecular weight is 392 g/mol. The third-order valence-corrected chi connectivity index (χ3v) is 5.13. The highest BCUT2D eigenvalue weighted by Crippen LogP contribution is 2.38. The van der Waals surface area contributed by atoms with Crippen molar-refractivity contribution in [1.29, 1.82) is 0 Å². The Bertz CT molecular complexity index is 1020. The summed E-state index contributed by atoms with van der Waals surface area (Å²) in [5, 5.41) is 3.50. The molecule has 28 heavy (non-hydrogen) atoms. The van der Waals surface area contributed by atoms with E-state index in [0.717, 1.165) is 11.3 Å². The van der Waals surface area contributed by atoms with Crippen LogP contribution in [-0.2, 0) is 11.3 Å². The van der Waals surface area contributed by atoms with Gasteiger partial charge < -0.3 is 5.32 Å². The Labute approximate surface area is 168 Å². The fourth-order valence-corrected chi connectivity index (χ4v) is 3.62. The first-order valence-corrected chi connectivity index (χ1v) is 9.36. The topological polar surface area (TPSA) is 62.3 Å². The highest BCUT2D eigenvalue weighted by molar-refractivity contribution is 6.31. The fraction of sp³-hybridized carbons (Fsp3) is 0.136. The minimum absolute atomic E-state index is 0.120. The molecule has 1 atom stereocenters. The average Bonchev–Trinajstić information content (AvgIpc) is 3.00. The molecule has 1 aliphatic heterocycles. The van der Waals surface area contributed by atoms with Gasteiger partial charge in [0.1, 0.15) is 0 Å². The molecule has 0 fully saturated rings. The third kappa shape index (κ3) is 3.49. The van der Waals surface area contributed by atoms with E-state index < -0.39 is 6.04 Å². The molecule has 140 valence electrons. The molecule has 0 spiro atoms. The molecule has 0 saturated carbocycles. The second kappa shape index (κ2) is 7.82. The van der Waals surface area contributed by atoms with Crippen molar-refractivity contribution in [3.63, 3.8) is 0 Å². The molecule has 0 radical (unpaired) electrons. The van der Waals surface area contributed by atoms with Gasteiger partial charge in [0.15, 0.2) is 0 Å². The summed E-state index contributed by atoms with van der Waals surface area (Å²) in [6.45, 7) is 0.333. The summed E-state index contributed by atoms with van der Waals surface area (Å²) in [7, 11) is 0. The monoisotopic (exact) mass is 391 g/mol. The molecule has 4 rings (SSSR count). The summed E-state index contributed by atoms with van der Waals surface area (Å²) in [5.41, 5.74) is 2.76. The molecule has 5 nitrogen and oxygen atoms in total. The van der Waals surface area contributed by atoms with Crippen molar-refractivity contribution < 1.29 is 9.59 Å². The molecule has 1 aromatic heterocycles. The summed E-state index contributed by atoms with van der Waals surface area (Å²) >= 11 is 6.15. The minimum Gasteiger partial charge on any atom is -0.352 e. The molecule has 1 aliphatic rings. The maximum Gasteiger partial charge on any atom is 0.260 e. The summed E-state index contributed by atoms with van der Waals surface area (Å²) in [6, 6.07) is 19.8. The number of pyridine rings is 1. The van der Waals surface area contributed by atoms with Crippen LogP contribution in [0.15, 0.2) is 72.9 Å². The van der Waals surface area contributed by atoms with E-state index in [4.69, 9.17) is 11.6 Å². The first-order valence-electron chi connectivity index (χ1n) is 8.99. The number of para-hydroxylation sites is 1. The normalized spacial score (nSPS) is 15.4. The molecule has 3 aromatic rings. The second-order valence-corrected chi connectivity index (χ2v) is 6.94. The van der Waals surface area contributed by atoms with Crippen LogP contribution in [0.5, 0.6) is 0 Å². The molecule has 0 unspecified atom stereocenters. The molecule has 1 N–H and O–H groups in total. The van der Waals surface area contributed by atoms with Gasteiger partial charge in [0.05, 0.1) is 23.7 Å². The number of aromatic nitrogens is 1. The van der Waals surface area contributed by atoms with Gasteiger partial charge in [0.25, 0.3) is 5.91 Å². The summed E-state index contributed by atoms with van der Waals surface area (Å²) < 4.78 is 0. The summed E-state index contributed by atoms with van der Waals surface area (Å²) in [4.78, 5) is 31.6. The van der Waals surface area contributed by atoms with E-state index in [1.54, 1.807) is 29.3 Å². The fourth-order valence-electron chi connectivity index (χ4n) is 3.41. The van der Waals surface area contributed by atoms with Crippen LogP contribution in [0.4, 0.5) is 5.69 Å². The Balaban J connectivity index is 1.56. The number of carbonyl (C=O) groups is 2. The number of halogens is 1. The van der Waals surface area contributed by atoms with E-state index in [-0.39, 0.29) is 18.2 Å². The zero-order valence-corrected chi connectivity index (χ0v) is 15.8. The second-order valence-electron chi connectivity index (χ2n) is 6.53. The number of amides is 2. The van der Waals surface area contributed by atoms with Gasteiger partial charge in [0, 0.05) is 23.5 Å². The van der Waals surface area contributed by atoms with Crippen molar-refractivity contribution >= 4 is 29.1 Å². The summed E-state index contributed by atoms with van der Waals surface area (Å²) in [6.07, 6.45) is 1.77. The molecule has 2 amide bonds. The van der Waals surface area contributed by atoms with E-state index in [1.807, 2.05) is 48.5 Å². The molecule has 2 heterocycles. The quantitative estimate of drug-likeness (QED) is 0.710. The number of nitrogens with one attached hydrogen (secondary N) is 1. The van der Waals surface area contributed by atoms with Crippen molar-refractivity contribution in [1.82, 2.24) is 10.3 Å². The van der Waals surface area contributed by atoms with Gasteiger partial charge in [-0.3, -0.25) is 19.5 Å². The van der Waals surface area contributed by atoms with E-state index in [9.17, 15) is 9.59 Å². The predicted octanol–water partition coefficient (Wildman–Crippen LogP) is 4.14. The van der Waals surface area contributed by atoms with Gasteiger partial charge in [0.2, 0.25) is 5.91 Å². The molecule has 0 saturated heterocycles. The van der Waals surface area contributed by atoms with Crippen LogP contribution in [0.3, 0.4) is 0 Å². The Kier molecular flexibility index (Phi) is 5.08. The van der Waals surface area contributed by atoms with Crippen LogP contribution in [0, 0.1) is 0 Å². The number of fused-ring (bicyclic) bond motifs is 1. The number of hydrogen-bond donors (Lipinski definition) is 1. The number of rotatable bonds is 5. The highest BCUT2D eigenvalue weighted by atomic mass is 35.5. The SMILES string of the molecule is O=C(C[C@@H]1c2ncccc2C(=O)N1c1ccccc1)NCc1ccccc1Cl. The lowest BCUT2D eigenvalue weighted by molar-refractivity contribution is -0.121. The predicted molar refractivity (Wildman–Crippen MR) is 108 cm³/mol. The molecule has 0 aliphatic carbocycles. The van der Waals surface area contributed by atoms with Crippen molar-refractivity contribution in [3.8, 4) is 0 Å². The van der Waals surface area contributed by atoms with Gasteiger partial charge in [-0.05, 0) is 35.9 Å². The highest BCUT2D eigenvalue weighted by Gasteiger charge is 2.39. The van der Waals surface area contributed by atoms with Gasteiger partial charge >= 0.3 is 0 Å². The van der Waals surface area contributed by atoms with E-state index in [2.05, 4.69) is 10.3 Å². The van der Waals surface area contributed by atoms with Crippen LogP contribution < -0.4 is 10.2 Å². The summed E-state index contributed by atoms with van der Waals surface area (Å²) in [5.74, 6) is -0.310. The van der Waals surface area contributed by atoms with Crippen LogP contribution in [0.25, 0.3) is 0 Å². The van der Waals surface area contributed by atoms with Gasteiger partial charge in [-0.15, -0.1) is 0 Å². The van der Waals surface area contributed by atoms with Crippen LogP contribution in [-0.4, -0.2) is 16.8 Å². The van der Waals surface area contributed by atoms with Crippen molar-refractivity contribution in [2.45, 2.75) is 19.0 Å². The molecular weight excluding hydrogens is 374 g/mol. The zero-order chi connectivity index (χ0) is 19.5. The van der Waals surface area contributed by atoms with E-state index in [1.165, 1.54) is 0 Å². The lowest BCUT2D eigenvalue weighted by Crippen LogP contribution is -2.33. The Hall–Kier alpha value is -3.18. The number of benzene rings is 2. The van der Waals surface area contributed by atoms with Crippen LogP contribution >= 0.6 is 11.6 Å². The largest absolute Gasteiger partial charge is 0.352 e.